The molecule has 5 nitrogen and oxygen atoms in total. The molecule has 0 aliphatic carbocycles. The normalized spacial score (nSPS) is 22.7. The van der Waals surface area contributed by atoms with Crippen LogP contribution in [-0.2, 0) is 4.74 Å². The molecule has 114 valence electrons. The average Bonchev–Trinajstić information content (AvgIpc) is 2.29. The van der Waals surface area contributed by atoms with E-state index in [4.69, 9.17) is 10.5 Å². The van der Waals surface area contributed by atoms with Gasteiger partial charge in [-0.3, -0.25) is 4.99 Å². The number of guanidine groups is 1. The van der Waals surface area contributed by atoms with Crippen molar-refractivity contribution >= 4 is 29.9 Å². The topological polar surface area (TPSA) is 62.9 Å². The summed E-state index contributed by atoms with van der Waals surface area (Å²) in [5.41, 5.74) is 5.81. The lowest BCUT2D eigenvalue weighted by Gasteiger charge is -2.30. The summed E-state index contributed by atoms with van der Waals surface area (Å²) in [5, 5.41) is 3.11. The summed E-state index contributed by atoms with van der Waals surface area (Å²) in [5.74, 6) is 1.34. The van der Waals surface area contributed by atoms with Gasteiger partial charge < -0.3 is 20.7 Å². The first kappa shape index (κ1) is 18.9. The van der Waals surface area contributed by atoms with Gasteiger partial charge in [-0.25, -0.2) is 0 Å². The fraction of sp³-hybridized carbons (Fsp3) is 0.923. The largest absolute Gasteiger partial charge is 0.383 e. The predicted octanol–water partition coefficient (Wildman–Crippen LogP) is 1.28. The molecule has 2 unspecified atom stereocenters. The quantitative estimate of drug-likeness (QED) is 0.412. The minimum Gasteiger partial charge on any atom is -0.383 e. The van der Waals surface area contributed by atoms with E-state index in [-0.39, 0.29) is 30.0 Å². The molecule has 0 aromatic heterocycles. The molecule has 1 aliphatic heterocycles. The molecule has 0 spiro atoms. The van der Waals surface area contributed by atoms with Crippen LogP contribution in [0.4, 0.5) is 0 Å². The van der Waals surface area contributed by atoms with Gasteiger partial charge in [0.25, 0.3) is 0 Å². The first-order valence-electron chi connectivity index (χ1n) is 6.89. The van der Waals surface area contributed by atoms with Gasteiger partial charge in [0.1, 0.15) is 0 Å². The molecule has 0 radical (unpaired) electrons. The highest BCUT2D eigenvalue weighted by Crippen LogP contribution is 2.14. The number of nitrogens with one attached hydrogen (secondary N) is 1. The lowest BCUT2D eigenvalue weighted by molar-refractivity contribution is 0.179. The van der Waals surface area contributed by atoms with E-state index in [0.717, 1.165) is 19.0 Å². The molecule has 2 atom stereocenters. The number of nitrogens with zero attached hydrogens (tertiary/aromatic N) is 2. The van der Waals surface area contributed by atoms with E-state index in [0.29, 0.717) is 12.6 Å². The van der Waals surface area contributed by atoms with Crippen LogP contribution in [-0.4, -0.2) is 56.8 Å². The Hall–Kier alpha value is -0.0800. The molecule has 6 heteroatoms. The van der Waals surface area contributed by atoms with Gasteiger partial charge >= 0.3 is 0 Å². The number of aliphatic imine (C=N–C) groups is 1. The molecule has 1 aliphatic rings. The van der Waals surface area contributed by atoms with Gasteiger partial charge in [0.2, 0.25) is 0 Å². The summed E-state index contributed by atoms with van der Waals surface area (Å²) in [6.07, 6.45) is 2.67. The van der Waals surface area contributed by atoms with E-state index in [1.54, 1.807) is 7.11 Å². The molecule has 0 aromatic rings. The summed E-state index contributed by atoms with van der Waals surface area (Å²) >= 11 is 0. The Morgan fingerprint density at radius 2 is 2.32 bits per heavy atom. The van der Waals surface area contributed by atoms with Crippen molar-refractivity contribution in [1.82, 2.24) is 10.2 Å². The SMILES string of the molecule is COCC(C)NC(N)=NCCN1CCCC(C)C1.I. The standard InChI is InChI=1S/C13H28N4O.HI/c1-11-5-4-7-17(9-11)8-6-15-13(14)16-12(2)10-18-3;/h11-12H,4-10H2,1-3H3,(H3,14,15,16);1H. The molecule has 0 bridgehead atoms. The van der Waals surface area contributed by atoms with Gasteiger partial charge in [-0.2, -0.15) is 0 Å². The summed E-state index contributed by atoms with van der Waals surface area (Å²) in [6.45, 7) is 9.16. The highest BCUT2D eigenvalue weighted by Gasteiger charge is 2.15. The van der Waals surface area contributed by atoms with Crippen molar-refractivity contribution in [3.05, 3.63) is 0 Å². The maximum absolute atomic E-state index is 5.81. The minimum atomic E-state index is 0. The Balaban J connectivity index is 0.00000324. The number of piperidine rings is 1. The third kappa shape index (κ3) is 8.65. The van der Waals surface area contributed by atoms with Crippen LogP contribution < -0.4 is 11.1 Å². The van der Waals surface area contributed by atoms with Crippen LogP contribution in [0.3, 0.4) is 0 Å². The minimum absolute atomic E-state index is 0. The second kappa shape index (κ2) is 10.7. The Morgan fingerprint density at radius 1 is 1.58 bits per heavy atom. The van der Waals surface area contributed by atoms with E-state index < -0.39 is 0 Å². The van der Waals surface area contributed by atoms with Crippen LogP contribution in [0.15, 0.2) is 4.99 Å². The number of hydrogen-bond acceptors (Lipinski definition) is 3. The number of halogens is 1. The number of methoxy groups -OCH3 is 1. The predicted molar refractivity (Wildman–Crippen MR) is 91.2 cm³/mol. The van der Waals surface area contributed by atoms with Crippen molar-refractivity contribution in [2.45, 2.75) is 32.7 Å². The fourth-order valence-corrected chi connectivity index (χ4v) is 2.39. The average molecular weight is 384 g/mol. The van der Waals surface area contributed by atoms with Gasteiger partial charge in [0.15, 0.2) is 5.96 Å². The van der Waals surface area contributed by atoms with Crippen molar-refractivity contribution in [1.29, 1.82) is 0 Å². The number of hydrogen-bond donors (Lipinski definition) is 2. The van der Waals surface area contributed by atoms with Crippen LogP contribution >= 0.6 is 24.0 Å². The number of nitrogens with two attached hydrogens (primary N) is 1. The van der Waals surface area contributed by atoms with Crippen LogP contribution in [0.1, 0.15) is 26.7 Å². The highest BCUT2D eigenvalue weighted by atomic mass is 127. The van der Waals surface area contributed by atoms with Crippen molar-refractivity contribution in [3.63, 3.8) is 0 Å². The van der Waals surface area contributed by atoms with Crippen LogP contribution in [0.2, 0.25) is 0 Å². The fourth-order valence-electron chi connectivity index (χ4n) is 2.39. The van der Waals surface area contributed by atoms with Gasteiger partial charge in [-0.1, -0.05) is 6.92 Å². The summed E-state index contributed by atoms with van der Waals surface area (Å²) < 4.78 is 5.03. The first-order valence-corrected chi connectivity index (χ1v) is 6.89. The van der Waals surface area contributed by atoms with Gasteiger partial charge in [0, 0.05) is 26.2 Å². The van der Waals surface area contributed by atoms with Gasteiger partial charge in [-0.15, -0.1) is 24.0 Å². The summed E-state index contributed by atoms with van der Waals surface area (Å²) in [7, 11) is 1.68. The van der Waals surface area contributed by atoms with Crippen molar-refractivity contribution in [3.8, 4) is 0 Å². The summed E-state index contributed by atoms with van der Waals surface area (Å²) in [6, 6.07) is 0.203. The lowest BCUT2D eigenvalue weighted by Crippen LogP contribution is -2.41. The second-order valence-electron chi connectivity index (χ2n) is 5.32. The zero-order valence-electron chi connectivity index (χ0n) is 12.4. The molecule has 0 aromatic carbocycles. The Bertz CT molecular complexity index is 263. The van der Waals surface area contributed by atoms with Crippen molar-refractivity contribution in [2.24, 2.45) is 16.6 Å². The Labute approximate surface area is 134 Å². The maximum atomic E-state index is 5.81. The van der Waals surface area contributed by atoms with Gasteiger partial charge in [0.05, 0.1) is 13.2 Å². The number of likely N-dealkylation sites (tertiary alicyclic amines) is 1. The molecular weight excluding hydrogens is 355 g/mol. The van der Waals surface area contributed by atoms with Crippen LogP contribution in [0.5, 0.6) is 0 Å². The molecule has 1 rings (SSSR count). The van der Waals surface area contributed by atoms with Gasteiger partial charge in [-0.05, 0) is 32.2 Å². The second-order valence-corrected chi connectivity index (χ2v) is 5.32. The molecule has 0 amide bonds. The third-order valence-electron chi connectivity index (χ3n) is 3.25. The third-order valence-corrected chi connectivity index (χ3v) is 3.25. The van der Waals surface area contributed by atoms with E-state index in [1.807, 2.05) is 6.92 Å². The monoisotopic (exact) mass is 384 g/mol. The zero-order chi connectivity index (χ0) is 13.4. The highest BCUT2D eigenvalue weighted by molar-refractivity contribution is 14.0. The van der Waals surface area contributed by atoms with Crippen LogP contribution in [0.25, 0.3) is 0 Å². The number of ether oxygens (including phenoxy) is 1. The maximum Gasteiger partial charge on any atom is 0.188 e. The Kier molecular flexibility index (Phi) is 10.6. The van der Waals surface area contributed by atoms with Crippen LogP contribution in [0, 0.1) is 5.92 Å². The lowest BCUT2D eigenvalue weighted by atomic mass is 10.0. The molecule has 1 fully saturated rings. The smallest absolute Gasteiger partial charge is 0.188 e. The molecule has 19 heavy (non-hydrogen) atoms. The number of rotatable bonds is 6. The summed E-state index contributed by atoms with van der Waals surface area (Å²) in [4.78, 5) is 6.83. The molecule has 1 heterocycles. The zero-order valence-corrected chi connectivity index (χ0v) is 14.7. The van der Waals surface area contributed by atoms with E-state index >= 15 is 0 Å². The van der Waals surface area contributed by atoms with E-state index in [2.05, 4.69) is 22.1 Å². The molecular formula is C13H29IN4O. The molecule has 3 N–H and O–H groups in total. The molecule has 0 saturated carbocycles. The molecule has 1 saturated heterocycles. The Morgan fingerprint density at radius 3 is 2.95 bits per heavy atom. The van der Waals surface area contributed by atoms with E-state index in [9.17, 15) is 0 Å². The van der Waals surface area contributed by atoms with Crippen molar-refractivity contribution in [2.75, 3.05) is 39.9 Å². The first-order chi connectivity index (χ1) is 8.61. The van der Waals surface area contributed by atoms with E-state index in [1.165, 1.54) is 25.9 Å². The van der Waals surface area contributed by atoms with Crippen molar-refractivity contribution < 1.29 is 4.74 Å².